The molecule has 0 radical (unpaired) electrons. The molecule has 1 aromatic heterocycles. The van der Waals surface area contributed by atoms with Crippen molar-refractivity contribution < 1.29 is 23.1 Å². The van der Waals surface area contributed by atoms with E-state index in [0.717, 1.165) is 23.5 Å². The summed E-state index contributed by atoms with van der Waals surface area (Å²) in [4.78, 5) is 27.9. The molecule has 0 fully saturated rings. The number of carbonyl (C=O) groups is 2. The summed E-state index contributed by atoms with van der Waals surface area (Å²) in [6, 6.07) is 8.39. The Bertz CT molecular complexity index is 934. The Morgan fingerprint density at radius 3 is 2.54 bits per heavy atom. The number of nitrogens with one attached hydrogen (secondary N) is 2. The van der Waals surface area contributed by atoms with Gasteiger partial charge in [0.25, 0.3) is 5.91 Å². The number of anilines is 1. The molecular formula is C17H13F2N3O3S. The van der Waals surface area contributed by atoms with Crippen LogP contribution in [0, 0.1) is 11.6 Å². The van der Waals surface area contributed by atoms with Crippen molar-refractivity contribution in [1.29, 1.82) is 0 Å². The van der Waals surface area contributed by atoms with Gasteiger partial charge >= 0.3 is 0 Å². The summed E-state index contributed by atoms with van der Waals surface area (Å²) in [5.41, 5.74) is 0.621. The number of ether oxygens (including phenoxy) is 1. The van der Waals surface area contributed by atoms with Crippen molar-refractivity contribution >= 4 is 38.5 Å². The quantitative estimate of drug-likeness (QED) is 0.716. The van der Waals surface area contributed by atoms with E-state index in [9.17, 15) is 18.4 Å². The van der Waals surface area contributed by atoms with Crippen LogP contribution in [0.5, 0.6) is 5.75 Å². The summed E-state index contributed by atoms with van der Waals surface area (Å²) in [5, 5.41) is 5.15. The van der Waals surface area contributed by atoms with Crippen molar-refractivity contribution in [3.8, 4) is 5.75 Å². The van der Waals surface area contributed by atoms with E-state index >= 15 is 0 Å². The molecular weight excluding hydrogens is 364 g/mol. The minimum atomic E-state index is -1.01. The predicted molar refractivity (Wildman–Crippen MR) is 93.5 cm³/mol. The van der Waals surface area contributed by atoms with E-state index in [0.29, 0.717) is 16.0 Å². The number of halogens is 2. The standard InChI is InChI=1S/C17H13F2N3O3S/c1-25-10-4-2-9(3-5-10)16(24)20-8-15(23)22-17-21-13-6-11(18)12(19)7-14(13)26-17/h2-7H,8H2,1H3,(H,20,24)(H,21,22,23). The van der Waals surface area contributed by atoms with Crippen LogP contribution >= 0.6 is 11.3 Å². The van der Waals surface area contributed by atoms with Crippen LogP contribution in [0.2, 0.25) is 0 Å². The van der Waals surface area contributed by atoms with Gasteiger partial charge in [0.1, 0.15) is 5.75 Å². The molecule has 0 spiro atoms. The maximum absolute atomic E-state index is 13.2. The number of fused-ring (bicyclic) bond motifs is 1. The minimum absolute atomic E-state index is 0.189. The van der Waals surface area contributed by atoms with Crippen LogP contribution in [0.3, 0.4) is 0 Å². The molecule has 0 saturated heterocycles. The van der Waals surface area contributed by atoms with Gasteiger partial charge in [0.2, 0.25) is 5.91 Å². The summed E-state index contributed by atoms with van der Waals surface area (Å²) in [5.74, 6) is -2.30. The highest BCUT2D eigenvalue weighted by molar-refractivity contribution is 7.22. The molecule has 9 heteroatoms. The number of nitrogens with zero attached hydrogens (tertiary/aromatic N) is 1. The van der Waals surface area contributed by atoms with Gasteiger partial charge in [-0.15, -0.1) is 0 Å². The van der Waals surface area contributed by atoms with Gasteiger partial charge in [-0.1, -0.05) is 11.3 Å². The van der Waals surface area contributed by atoms with Crippen LogP contribution in [0.4, 0.5) is 13.9 Å². The molecule has 2 N–H and O–H groups in total. The second-order valence-corrected chi connectivity index (χ2v) is 6.24. The molecule has 6 nitrogen and oxygen atoms in total. The molecule has 2 amide bonds. The number of rotatable bonds is 5. The molecule has 26 heavy (non-hydrogen) atoms. The molecule has 2 aromatic carbocycles. The first-order valence-electron chi connectivity index (χ1n) is 7.44. The zero-order valence-electron chi connectivity index (χ0n) is 13.5. The first-order valence-corrected chi connectivity index (χ1v) is 8.25. The van der Waals surface area contributed by atoms with Gasteiger partial charge in [-0.05, 0) is 30.3 Å². The van der Waals surface area contributed by atoms with E-state index in [2.05, 4.69) is 15.6 Å². The zero-order valence-corrected chi connectivity index (χ0v) is 14.3. The van der Waals surface area contributed by atoms with E-state index in [1.807, 2.05) is 0 Å². The fourth-order valence-corrected chi connectivity index (χ4v) is 3.03. The molecule has 1 heterocycles. The third-order valence-corrected chi connectivity index (χ3v) is 4.37. The molecule has 0 aliphatic rings. The highest BCUT2D eigenvalue weighted by atomic mass is 32.1. The fraction of sp³-hybridized carbons (Fsp3) is 0.118. The third kappa shape index (κ3) is 3.94. The van der Waals surface area contributed by atoms with Crippen molar-refractivity contribution in [2.45, 2.75) is 0 Å². The summed E-state index contributed by atoms with van der Waals surface area (Å²) >= 11 is 1.01. The van der Waals surface area contributed by atoms with Crippen LogP contribution < -0.4 is 15.4 Å². The van der Waals surface area contributed by atoms with Gasteiger partial charge in [0, 0.05) is 11.6 Å². The summed E-state index contributed by atoms with van der Waals surface area (Å²) in [7, 11) is 1.52. The second-order valence-electron chi connectivity index (χ2n) is 5.21. The largest absolute Gasteiger partial charge is 0.497 e. The average molecular weight is 377 g/mol. The van der Waals surface area contributed by atoms with Crippen molar-refractivity contribution in [2.24, 2.45) is 0 Å². The Hall–Kier alpha value is -3.07. The van der Waals surface area contributed by atoms with E-state index in [4.69, 9.17) is 4.74 Å². The van der Waals surface area contributed by atoms with Crippen molar-refractivity contribution in [1.82, 2.24) is 10.3 Å². The number of amides is 2. The molecule has 0 saturated carbocycles. The lowest BCUT2D eigenvalue weighted by molar-refractivity contribution is -0.115. The van der Waals surface area contributed by atoms with Crippen LogP contribution in [-0.4, -0.2) is 30.5 Å². The van der Waals surface area contributed by atoms with Gasteiger partial charge < -0.3 is 15.4 Å². The van der Waals surface area contributed by atoms with Gasteiger partial charge in [-0.3, -0.25) is 9.59 Å². The number of benzene rings is 2. The summed E-state index contributed by atoms with van der Waals surface area (Å²) in [6.07, 6.45) is 0. The molecule has 3 rings (SSSR count). The lowest BCUT2D eigenvalue weighted by atomic mass is 10.2. The normalized spacial score (nSPS) is 10.6. The van der Waals surface area contributed by atoms with E-state index in [1.54, 1.807) is 24.3 Å². The van der Waals surface area contributed by atoms with E-state index in [1.165, 1.54) is 7.11 Å². The lowest BCUT2D eigenvalue weighted by Gasteiger charge is -2.06. The number of carbonyl (C=O) groups excluding carboxylic acids is 2. The zero-order chi connectivity index (χ0) is 18.7. The third-order valence-electron chi connectivity index (χ3n) is 3.44. The van der Waals surface area contributed by atoms with Crippen molar-refractivity contribution in [3.05, 3.63) is 53.6 Å². The highest BCUT2D eigenvalue weighted by Crippen LogP contribution is 2.27. The number of aromatic nitrogens is 1. The molecule has 0 unspecified atom stereocenters. The van der Waals surface area contributed by atoms with Gasteiger partial charge in [-0.2, -0.15) is 0 Å². The second kappa shape index (κ2) is 7.44. The van der Waals surface area contributed by atoms with Crippen molar-refractivity contribution in [3.63, 3.8) is 0 Å². The van der Waals surface area contributed by atoms with Crippen LogP contribution in [0.15, 0.2) is 36.4 Å². The highest BCUT2D eigenvalue weighted by Gasteiger charge is 2.13. The van der Waals surface area contributed by atoms with E-state index < -0.39 is 23.4 Å². The van der Waals surface area contributed by atoms with Gasteiger partial charge in [0.05, 0.1) is 23.9 Å². The van der Waals surface area contributed by atoms with Crippen LogP contribution in [-0.2, 0) is 4.79 Å². The van der Waals surface area contributed by atoms with Gasteiger partial charge in [-0.25, -0.2) is 13.8 Å². The van der Waals surface area contributed by atoms with Crippen LogP contribution in [0.25, 0.3) is 10.2 Å². The Labute approximate surface area is 150 Å². The number of hydrogen-bond donors (Lipinski definition) is 2. The Morgan fingerprint density at radius 2 is 1.85 bits per heavy atom. The van der Waals surface area contributed by atoms with Gasteiger partial charge in [0.15, 0.2) is 16.8 Å². The monoisotopic (exact) mass is 377 g/mol. The lowest BCUT2D eigenvalue weighted by Crippen LogP contribution is -2.32. The SMILES string of the molecule is COc1ccc(C(=O)NCC(=O)Nc2nc3cc(F)c(F)cc3s2)cc1. The smallest absolute Gasteiger partial charge is 0.251 e. The molecule has 3 aromatic rings. The summed E-state index contributed by atoms with van der Waals surface area (Å²) < 4.78 is 31.8. The van der Waals surface area contributed by atoms with E-state index in [-0.39, 0.29) is 17.2 Å². The first kappa shape index (κ1) is 17.7. The average Bonchev–Trinajstić information content (AvgIpc) is 3.01. The molecule has 0 aliphatic carbocycles. The Kier molecular flexibility index (Phi) is 5.08. The maximum Gasteiger partial charge on any atom is 0.251 e. The molecule has 0 atom stereocenters. The van der Waals surface area contributed by atoms with Crippen molar-refractivity contribution in [2.75, 3.05) is 19.0 Å². The fourth-order valence-electron chi connectivity index (χ4n) is 2.15. The number of thiazole rings is 1. The maximum atomic E-state index is 13.2. The molecule has 0 aliphatic heterocycles. The topological polar surface area (TPSA) is 80.3 Å². The predicted octanol–water partition coefficient (Wildman–Crippen LogP) is 2.95. The number of methoxy groups -OCH3 is 1. The summed E-state index contributed by atoms with van der Waals surface area (Å²) in [6.45, 7) is -0.274. The Balaban J connectivity index is 1.59. The Morgan fingerprint density at radius 1 is 1.15 bits per heavy atom. The molecule has 0 bridgehead atoms. The molecule has 134 valence electrons. The minimum Gasteiger partial charge on any atom is -0.497 e. The van der Waals surface area contributed by atoms with Crippen LogP contribution in [0.1, 0.15) is 10.4 Å². The first-order chi connectivity index (χ1) is 12.5. The number of hydrogen-bond acceptors (Lipinski definition) is 5.